The molecule has 5 heteroatoms. The molecule has 5 nitrogen and oxygen atoms in total. The summed E-state index contributed by atoms with van der Waals surface area (Å²) in [7, 11) is 0. The van der Waals surface area contributed by atoms with E-state index in [0.29, 0.717) is 5.69 Å². The molecular formula is C17H16N2O3. The zero-order valence-corrected chi connectivity index (χ0v) is 12.4. The first-order chi connectivity index (χ1) is 10.5. The molecule has 2 aromatic heterocycles. The Morgan fingerprint density at radius 1 is 1.27 bits per heavy atom. The Hall–Kier alpha value is -2.82. The molecule has 0 saturated carbocycles. The second-order valence-corrected chi connectivity index (χ2v) is 5.38. The van der Waals surface area contributed by atoms with Crippen LogP contribution in [0.3, 0.4) is 0 Å². The molecule has 22 heavy (non-hydrogen) atoms. The van der Waals surface area contributed by atoms with Crippen LogP contribution in [0.15, 0.2) is 45.9 Å². The maximum absolute atomic E-state index is 12.1. The lowest BCUT2D eigenvalue weighted by Gasteiger charge is -2.05. The highest BCUT2D eigenvalue weighted by atomic mass is 16.3. The summed E-state index contributed by atoms with van der Waals surface area (Å²) >= 11 is 0. The van der Waals surface area contributed by atoms with E-state index in [9.17, 15) is 9.59 Å². The summed E-state index contributed by atoms with van der Waals surface area (Å²) in [5.41, 5.74) is 4.07. The topological polar surface area (TPSA) is 75.1 Å². The van der Waals surface area contributed by atoms with Crippen molar-refractivity contribution in [2.24, 2.45) is 0 Å². The van der Waals surface area contributed by atoms with Gasteiger partial charge in [0.05, 0.1) is 12.7 Å². The van der Waals surface area contributed by atoms with Crippen molar-refractivity contribution < 1.29 is 9.21 Å². The van der Waals surface area contributed by atoms with Crippen LogP contribution in [0.1, 0.15) is 16.7 Å². The van der Waals surface area contributed by atoms with Gasteiger partial charge < -0.3 is 14.7 Å². The molecule has 0 bridgehead atoms. The number of pyridine rings is 1. The van der Waals surface area contributed by atoms with E-state index in [1.165, 1.54) is 12.3 Å². The predicted molar refractivity (Wildman–Crippen MR) is 85.1 cm³/mol. The highest BCUT2D eigenvalue weighted by Crippen LogP contribution is 2.26. The average molecular weight is 296 g/mol. The van der Waals surface area contributed by atoms with Gasteiger partial charge in [-0.1, -0.05) is 6.07 Å². The first-order valence-corrected chi connectivity index (χ1v) is 6.99. The molecule has 0 fully saturated rings. The number of nitrogens with one attached hydrogen (secondary N) is 2. The number of carbonyl (C=O) groups is 1. The molecule has 0 spiro atoms. The number of hydrogen-bond acceptors (Lipinski definition) is 3. The zero-order valence-electron chi connectivity index (χ0n) is 12.4. The number of amides is 1. The van der Waals surface area contributed by atoms with E-state index in [4.69, 9.17) is 4.42 Å². The fraction of sp³-hybridized carbons (Fsp3) is 0.176. The van der Waals surface area contributed by atoms with Crippen molar-refractivity contribution in [2.75, 3.05) is 5.32 Å². The van der Waals surface area contributed by atoms with Gasteiger partial charge in [0.25, 0.3) is 0 Å². The molecule has 0 atom stereocenters. The number of anilines is 1. The third kappa shape index (κ3) is 2.79. The maximum Gasteiger partial charge on any atom is 0.249 e. The number of aryl methyl sites for hydroxylation is 2. The summed E-state index contributed by atoms with van der Waals surface area (Å²) in [5, 5.41) is 3.69. The Bertz CT molecular complexity index is 906. The van der Waals surface area contributed by atoms with E-state index in [-0.39, 0.29) is 17.9 Å². The Morgan fingerprint density at radius 3 is 2.86 bits per heavy atom. The minimum Gasteiger partial charge on any atom is -0.464 e. The minimum atomic E-state index is -0.252. The van der Waals surface area contributed by atoms with E-state index in [2.05, 4.69) is 16.4 Å². The molecule has 1 aromatic carbocycles. The molecular weight excluding hydrogens is 280 g/mol. The second kappa shape index (κ2) is 5.52. The minimum absolute atomic E-state index is 0.187. The molecule has 2 N–H and O–H groups in total. The third-order valence-electron chi connectivity index (χ3n) is 3.50. The van der Waals surface area contributed by atoms with E-state index >= 15 is 0 Å². The van der Waals surface area contributed by atoms with Gasteiger partial charge in [-0.25, -0.2) is 0 Å². The molecule has 0 unspecified atom stereocenters. The Kier molecular flexibility index (Phi) is 3.55. The first kappa shape index (κ1) is 14.1. The summed E-state index contributed by atoms with van der Waals surface area (Å²) in [6.07, 6.45) is 3.32. The molecule has 0 aliphatic carbocycles. The molecule has 0 saturated heterocycles. The number of furan rings is 1. The van der Waals surface area contributed by atoms with Crippen molar-refractivity contribution in [1.82, 2.24) is 4.98 Å². The SMILES string of the molecule is Cc1cc(C)c2c(CC(=O)Nc3cc[nH]c(=O)c3)coc2c1. The molecule has 112 valence electrons. The van der Waals surface area contributed by atoms with Gasteiger partial charge in [-0.3, -0.25) is 9.59 Å². The number of rotatable bonds is 3. The van der Waals surface area contributed by atoms with Crippen molar-refractivity contribution in [3.05, 3.63) is 63.8 Å². The molecule has 0 radical (unpaired) electrons. The molecule has 2 heterocycles. The van der Waals surface area contributed by atoms with Crippen LogP contribution in [0.4, 0.5) is 5.69 Å². The zero-order chi connectivity index (χ0) is 15.7. The number of carbonyl (C=O) groups excluding carboxylic acids is 1. The number of H-pyrrole nitrogens is 1. The van der Waals surface area contributed by atoms with Gasteiger partial charge >= 0.3 is 0 Å². The number of aromatic amines is 1. The van der Waals surface area contributed by atoms with Crippen molar-refractivity contribution >= 4 is 22.6 Å². The van der Waals surface area contributed by atoms with Gasteiger partial charge in [0.15, 0.2) is 0 Å². The van der Waals surface area contributed by atoms with E-state index < -0.39 is 0 Å². The number of hydrogen-bond donors (Lipinski definition) is 2. The van der Waals surface area contributed by atoms with Gasteiger partial charge in [0, 0.05) is 28.9 Å². The molecule has 3 aromatic rings. The Labute approximate surface area is 127 Å². The van der Waals surface area contributed by atoms with Crippen LogP contribution in [0, 0.1) is 13.8 Å². The standard InChI is InChI=1S/C17H16N2O3/c1-10-5-11(2)17-12(9-22-14(17)6-10)7-16(21)19-13-3-4-18-15(20)8-13/h3-6,8-9H,7H2,1-2H3,(H2,18,19,20,21). The lowest BCUT2D eigenvalue weighted by atomic mass is 10.0. The lowest BCUT2D eigenvalue weighted by Crippen LogP contribution is -2.16. The first-order valence-electron chi connectivity index (χ1n) is 6.99. The van der Waals surface area contributed by atoms with Crippen LogP contribution in [-0.4, -0.2) is 10.9 Å². The maximum atomic E-state index is 12.1. The fourth-order valence-electron chi connectivity index (χ4n) is 2.66. The second-order valence-electron chi connectivity index (χ2n) is 5.38. The quantitative estimate of drug-likeness (QED) is 0.780. The molecule has 0 aliphatic heterocycles. The molecule has 1 amide bonds. The highest BCUT2D eigenvalue weighted by Gasteiger charge is 2.13. The average Bonchev–Trinajstić information content (AvgIpc) is 2.81. The summed E-state index contributed by atoms with van der Waals surface area (Å²) in [6, 6.07) is 7.01. The van der Waals surface area contributed by atoms with Gasteiger partial charge in [-0.05, 0) is 37.1 Å². The van der Waals surface area contributed by atoms with Gasteiger partial charge in [0.2, 0.25) is 11.5 Å². The monoisotopic (exact) mass is 296 g/mol. The smallest absolute Gasteiger partial charge is 0.249 e. The van der Waals surface area contributed by atoms with Crippen LogP contribution in [0.5, 0.6) is 0 Å². The largest absolute Gasteiger partial charge is 0.464 e. The van der Waals surface area contributed by atoms with Crippen LogP contribution in [0.2, 0.25) is 0 Å². The third-order valence-corrected chi connectivity index (χ3v) is 3.50. The highest BCUT2D eigenvalue weighted by molar-refractivity contribution is 5.96. The van der Waals surface area contributed by atoms with Gasteiger partial charge in [-0.2, -0.15) is 0 Å². The number of fused-ring (bicyclic) bond motifs is 1. The van der Waals surface area contributed by atoms with Crippen LogP contribution >= 0.6 is 0 Å². The number of benzene rings is 1. The van der Waals surface area contributed by atoms with Crippen molar-refractivity contribution in [1.29, 1.82) is 0 Å². The van der Waals surface area contributed by atoms with Crippen molar-refractivity contribution in [2.45, 2.75) is 20.3 Å². The van der Waals surface area contributed by atoms with Crippen molar-refractivity contribution in [3.8, 4) is 0 Å². The summed E-state index contributed by atoms with van der Waals surface area (Å²) in [5.74, 6) is -0.187. The lowest BCUT2D eigenvalue weighted by molar-refractivity contribution is -0.115. The summed E-state index contributed by atoms with van der Waals surface area (Å²) in [6.45, 7) is 4.01. The normalized spacial score (nSPS) is 10.8. The van der Waals surface area contributed by atoms with E-state index in [1.54, 1.807) is 12.3 Å². The Morgan fingerprint density at radius 2 is 2.09 bits per heavy atom. The summed E-state index contributed by atoms with van der Waals surface area (Å²) in [4.78, 5) is 25.9. The fourth-order valence-corrected chi connectivity index (χ4v) is 2.66. The predicted octanol–water partition coefficient (Wildman–Crippen LogP) is 2.92. The van der Waals surface area contributed by atoms with Gasteiger partial charge in [0.1, 0.15) is 5.58 Å². The van der Waals surface area contributed by atoms with Crippen molar-refractivity contribution in [3.63, 3.8) is 0 Å². The molecule has 3 rings (SSSR count). The Balaban J connectivity index is 1.84. The van der Waals surface area contributed by atoms with E-state index in [0.717, 1.165) is 27.7 Å². The van der Waals surface area contributed by atoms with Gasteiger partial charge in [-0.15, -0.1) is 0 Å². The number of aromatic nitrogens is 1. The summed E-state index contributed by atoms with van der Waals surface area (Å²) < 4.78 is 5.55. The van der Waals surface area contributed by atoms with Crippen LogP contribution < -0.4 is 10.9 Å². The van der Waals surface area contributed by atoms with Crippen LogP contribution in [0.25, 0.3) is 11.0 Å². The molecule has 0 aliphatic rings. The van der Waals surface area contributed by atoms with Crippen LogP contribution in [-0.2, 0) is 11.2 Å². The van der Waals surface area contributed by atoms with E-state index in [1.807, 2.05) is 19.9 Å².